The van der Waals surface area contributed by atoms with Crippen molar-refractivity contribution in [3.63, 3.8) is 0 Å². The predicted octanol–water partition coefficient (Wildman–Crippen LogP) is 1.51. The lowest BCUT2D eigenvalue weighted by Gasteiger charge is -2.17. The van der Waals surface area contributed by atoms with E-state index < -0.39 is 0 Å². The van der Waals surface area contributed by atoms with E-state index in [-0.39, 0.29) is 0 Å². The summed E-state index contributed by atoms with van der Waals surface area (Å²) in [6.45, 7) is 7.97. The topological polar surface area (TPSA) is 68.0 Å². The summed E-state index contributed by atoms with van der Waals surface area (Å²) in [5.74, 6) is 0.410. The third-order valence-corrected chi connectivity index (χ3v) is 4.41. The van der Waals surface area contributed by atoms with Crippen molar-refractivity contribution in [1.29, 1.82) is 0 Å². The Morgan fingerprint density at radius 3 is 2.68 bits per heavy atom. The van der Waals surface area contributed by atoms with Crippen LogP contribution in [0.15, 0.2) is 12.1 Å². The zero-order chi connectivity index (χ0) is 15.5. The van der Waals surface area contributed by atoms with Gasteiger partial charge in [-0.2, -0.15) is 0 Å². The third kappa shape index (κ3) is 2.97. The number of anilines is 1. The van der Waals surface area contributed by atoms with Gasteiger partial charge in [0.1, 0.15) is 5.52 Å². The van der Waals surface area contributed by atoms with E-state index in [9.17, 15) is 5.21 Å². The van der Waals surface area contributed by atoms with E-state index in [0.717, 1.165) is 51.0 Å². The molecule has 0 unspecified atom stereocenters. The van der Waals surface area contributed by atoms with E-state index >= 15 is 0 Å². The molecule has 1 heterocycles. The molecular formula is C16H23N5O. The Labute approximate surface area is 130 Å². The molecule has 1 aromatic carbocycles. The van der Waals surface area contributed by atoms with Gasteiger partial charge in [-0.15, -0.1) is 0 Å². The lowest BCUT2D eigenvalue weighted by atomic mass is 10.1. The van der Waals surface area contributed by atoms with E-state index in [0.29, 0.717) is 16.3 Å². The molecule has 0 saturated carbocycles. The maximum Gasteiger partial charge on any atom is 0.290 e. The van der Waals surface area contributed by atoms with Gasteiger partial charge < -0.3 is 15.4 Å². The average Bonchev–Trinajstić information content (AvgIpc) is 2.97. The highest BCUT2D eigenvalue weighted by Crippen LogP contribution is 2.25. The van der Waals surface area contributed by atoms with Gasteiger partial charge in [0.25, 0.3) is 11.5 Å². The van der Waals surface area contributed by atoms with Crippen molar-refractivity contribution in [3.8, 4) is 0 Å². The number of hydrogen-bond donors (Lipinski definition) is 1. The van der Waals surface area contributed by atoms with E-state index in [2.05, 4.69) is 34.1 Å². The minimum absolute atomic E-state index is 0.410. The second-order valence-electron chi connectivity index (χ2n) is 5.73. The standard InChI is InChI=1S/C16H23N5O/c1-3-20(4-2)9-8-17-16-18-14-10-12-6-5-7-13(12)11-15(14)21(22)19-16/h10-11H,3-9H2,1-2H3,(H,17,18,19). The molecule has 0 bridgehead atoms. The summed E-state index contributed by atoms with van der Waals surface area (Å²) in [7, 11) is 0. The van der Waals surface area contributed by atoms with Gasteiger partial charge in [-0.1, -0.05) is 13.8 Å². The van der Waals surface area contributed by atoms with Gasteiger partial charge in [-0.25, -0.2) is 4.98 Å². The fraction of sp³-hybridized carbons (Fsp3) is 0.562. The number of aromatic nitrogens is 3. The minimum Gasteiger partial charge on any atom is -0.594 e. The number of rotatable bonds is 6. The summed E-state index contributed by atoms with van der Waals surface area (Å²) < 4.78 is 0. The van der Waals surface area contributed by atoms with Gasteiger partial charge in [0.2, 0.25) is 0 Å². The maximum absolute atomic E-state index is 12.1. The Morgan fingerprint density at radius 2 is 1.95 bits per heavy atom. The van der Waals surface area contributed by atoms with Gasteiger partial charge >= 0.3 is 0 Å². The molecule has 0 atom stereocenters. The van der Waals surface area contributed by atoms with Crippen LogP contribution in [0, 0.1) is 5.21 Å². The van der Waals surface area contributed by atoms with Gasteiger partial charge in [-0.3, -0.25) is 0 Å². The van der Waals surface area contributed by atoms with Crippen molar-refractivity contribution in [1.82, 2.24) is 15.0 Å². The first-order chi connectivity index (χ1) is 10.7. The predicted molar refractivity (Wildman–Crippen MR) is 86.8 cm³/mol. The highest BCUT2D eigenvalue weighted by atomic mass is 16.5. The lowest BCUT2D eigenvalue weighted by molar-refractivity contribution is -0.641. The smallest absolute Gasteiger partial charge is 0.290 e. The van der Waals surface area contributed by atoms with E-state index in [1.165, 1.54) is 11.1 Å². The molecule has 0 aliphatic heterocycles. The summed E-state index contributed by atoms with van der Waals surface area (Å²) in [6.07, 6.45) is 3.29. The zero-order valence-electron chi connectivity index (χ0n) is 13.3. The minimum atomic E-state index is 0.410. The number of aryl methyl sites for hydroxylation is 2. The number of nitrogens with one attached hydrogen (secondary N) is 1. The molecule has 1 aliphatic carbocycles. The van der Waals surface area contributed by atoms with Crippen LogP contribution in [0.25, 0.3) is 11.0 Å². The molecule has 22 heavy (non-hydrogen) atoms. The molecule has 2 aromatic rings. The zero-order valence-corrected chi connectivity index (χ0v) is 13.3. The van der Waals surface area contributed by atoms with E-state index in [4.69, 9.17) is 0 Å². The van der Waals surface area contributed by atoms with Crippen molar-refractivity contribution < 1.29 is 4.85 Å². The SMILES string of the molecule is CCN(CC)CCNc1nc2cc3c(cc2[n+]([O-])n1)CCC3. The van der Waals surface area contributed by atoms with Crippen LogP contribution in [-0.2, 0) is 12.8 Å². The van der Waals surface area contributed by atoms with Crippen LogP contribution in [0.4, 0.5) is 5.95 Å². The van der Waals surface area contributed by atoms with Crippen molar-refractivity contribution >= 4 is 17.0 Å². The fourth-order valence-electron chi connectivity index (χ4n) is 3.06. The molecule has 0 saturated heterocycles. The lowest BCUT2D eigenvalue weighted by Crippen LogP contribution is -2.35. The Kier molecular flexibility index (Phi) is 4.38. The quantitative estimate of drug-likeness (QED) is 0.647. The van der Waals surface area contributed by atoms with Crippen LogP contribution < -0.4 is 10.2 Å². The molecule has 1 aromatic heterocycles. The van der Waals surface area contributed by atoms with Crippen LogP contribution >= 0.6 is 0 Å². The number of fused-ring (bicyclic) bond motifs is 2. The van der Waals surface area contributed by atoms with Crippen LogP contribution in [0.3, 0.4) is 0 Å². The van der Waals surface area contributed by atoms with Crippen molar-refractivity contribution in [2.24, 2.45) is 0 Å². The average molecular weight is 301 g/mol. The van der Waals surface area contributed by atoms with Crippen LogP contribution in [0.1, 0.15) is 31.4 Å². The summed E-state index contributed by atoms with van der Waals surface area (Å²) in [5, 5.41) is 19.3. The van der Waals surface area contributed by atoms with Crippen LogP contribution in [0.2, 0.25) is 0 Å². The second kappa shape index (κ2) is 6.44. The Hall–Kier alpha value is -1.95. The molecule has 1 aliphatic rings. The molecule has 6 heteroatoms. The fourth-order valence-corrected chi connectivity index (χ4v) is 3.06. The Morgan fingerprint density at radius 1 is 1.23 bits per heavy atom. The van der Waals surface area contributed by atoms with Crippen molar-refractivity contribution in [3.05, 3.63) is 28.5 Å². The van der Waals surface area contributed by atoms with Crippen LogP contribution in [0.5, 0.6) is 0 Å². The summed E-state index contributed by atoms with van der Waals surface area (Å²) >= 11 is 0. The first-order valence-electron chi connectivity index (χ1n) is 8.11. The molecule has 0 amide bonds. The normalized spacial score (nSPS) is 13.8. The molecule has 1 N–H and O–H groups in total. The van der Waals surface area contributed by atoms with E-state index in [1.807, 2.05) is 12.1 Å². The third-order valence-electron chi connectivity index (χ3n) is 4.41. The monoisotopic (exact) mass is 301 g/mol. The van der Waals surface area contributed by atoms with Gasteiger partial charge in [-0.05, 0) is 54.4 Å². The Bertz CT molecular complexity index is 669. The second-order valence-corrected chi connectivity index (χ2v) is 5.73. The summed E-state index contributed by atoms with van der Waals surface area (Å²) in [6, 6.07) is 3.99. The van der Waals surface area contributed by atoms with Gasteiger partial charge in [0.15, 0.2) is 0 Å². The summed E-state index contributed by atoms with van der Waals surface area (Å²) in [5.41, 5.74) is 3.88. The first-order valence-corrected chi connectivity index (χ1v) is 8.11. The molecule has 6 nitrogen and oxygen atoms in total. The largest absolute Gasteiger partial charge is 0.594 e. The molecule has 0 radical (unpaired) electrons. The molecule has 0 fully saturated rings. The highest BCUT2D eigenvalue weighted by molar-refractivity contribution is 5.74. The maximum atomic E-state index is 12.1. The molecule has 3 rings (SSSR count). The number of benzene rings is 1. The number of likely N-dealkylation sites (N-methyl/N-ethyl adjacent to an activating group) is 1. The van der Waals surface area contributed by atoms with Crippen molar-refractivity contribution in [2.45, 2.75) is 33.1 Å². The van der Waals surface area contributed by atoms with Gasteiger partial charge in [0.05, 0.1) is 5.10 Å². The molecular weight excluding hydrogens is 278 g/mol. The summed E-state index contributed by atoms with van der Waals surface area (Å²) in [4.78, 5) is 7.51. The first kappa shape index (κ1) is 15.0. The highest BCUT2D eigenvalue weighted by Gasteiger charge is 2.18. The number of hydrogen-bond acceptors (Lipinski definition) is 5. The number of nitrogens with zero attached hydrogens (tertiary/aromatic N) is 4. The van der Waals surface area contributed by atoms with Crippen LogP contribution in [-0.4, -0.2) is 41.2 Å². The van der Waals surface area contributed by atoms with Gasteiger partial charge in [0, 0.05) is 19.2 Å². The van der Waals surface area contributed by atoms with Crippen molar-refractivity contribution in [2.75, 3.05) is 31.5 Å². The van der Waals surface area contributed by atoms with E-state index in [1.54, 1.807) is 0 Å². The Balaban J connectivity index is 1.78. The molecule has 0 spiro atoms. The molecule has 118 valence electrons.